The number of ether oxygens (including phenoxy) is 3. The van der Waals surface area contributed by atoms with Gasteiger partial charge in [0, 0.05) is 21.1 Å². The van der Waals surface area contributed by atoms with Crippen molar-refractivity contribution in [2.75, 3.05) is 20.8 Å². The van der Waals surface area contributed by atoms with Gasteiger partial charge in [-0.2, -0.15) is 0 Å². The molecule has 0 radical (unpaired) electrons. The van der Waals surface area contributed by atoms with E-state index in [0.717, 1.165) is 11.8 Å². The first-order valence-electron chi connectivity index (χ1n) is 7.80. The molecule has 0 bridgehead atoms. The van der Waals surface area contributed by atoms with Gasteiger partial charge in [-0.25, -0.2) is 14.4 Å². The summed E-state index contributed by atoms with van der Waals surface area (Å²) < 4.78 is 15.1. The van der Waals surface area contributed by atoms with E-state index in [2.05, 4.69) is 11.9 Å². The number of rotatable bonds is 10. The van der Waals surface area contributed by atoms with Crippen LogP contribution in [0.4, 0.5) is 4.79 Å². The maximum atomic E-state index is 12.5. The molecule has 4 atom stereocenters. The maximum absolute atomic E-state index is 12.5. The van der Waals surface area contributed by atoms with Crippen LogP contribution in [0.1, 0.15) is 20.8 Å². The summed E-state index contributed by atoms with van der Waals surface area (Å²) in [6.45, 7) is 7.37. The lowest BCUT2D eigenvalue weighted by molar-refractivity contribution is -0.163. The van der Waals surface area contributed by atoms with E-state index in [1.54, 1.807) is 0 Å². The van der Waals surface area contributed by atoms with Crippen LogP contribution >= 0.6 is 0 Å². The molecule has 0 aromatic rings. The minimum atomic E-state index is -1.44. The molecule has 2 N–H and O–H groups in total. The molecule has 0 saturated heterocycles. The van der Waals surface area contributed by atoms with Crippen LogP contribution in [0.25, 0.3) is 0 Å². The van der Waals surface area contributed by atoms with E-state index in [1.165, 1.54) is 34.1 Å². The summed E-state index contributed by atoms with van der Waals surface area (Å²) in [5.74, 6) is -2.86. The number of carbonyl (C=O) groups is 4. The fourth-order valence-corrected chi connectivity index (χ4v) is 2.06. The van der Waals surface area contributed by atoms with Crippen LogP contribution in [0.15, 0.2) is 12.7 Å². The van der Waals surface area contributed by atoms with Crippen molar-refractivity contribution in [1.82, 2.24) is 10.2 Å². The Hall–Kier alpha value is -2.62. The van der Waals surface area contributed by atoms with Crippen molar-refractivity contribution in [2.45, 2.75) is 45.1 Å². The van der Waals surface area contributed by atoms with Gasteiger partial charge in [0.25, 0.3) is 0 Å². The molecule has 10 nitrogen and oxygen atoms in total. The molecule has 0 heterocycles. The Morgan fingerprint density at radius 1 is 1.23 bits per heavy atom. The fourth-order valence-electron chi connectivity index (χ4n) is 2.06. The molecule has 0 aromatic carbocycles. The minimum absolute atomic E-state index is 0.0493. The summed E-state index contributed by atoms with van der Waals surface area (Å²) in [4.78, 5) is 47.9. The lowest BCUT2D eigenvalue weighted by atomic mass is 10.1. The largest absolute Gasteiger partial charge is 0.480 e. The number of nitrogens with zero attached hydrogens (tertiary/aromatic N) is 1. The van der Waals surface area contributed by atoms with Crippen molar-refractivity contribution in [3.05, 3.63) is 12.7 Å². The van der Waals surface area contributed by atoms with Gasteiger partial charge in [-0.1, -0.05) is 12.7 Å². The van der Waals surface area contributed by atoms with E-state index in [9.17, 15) is 19.2 Å². The van der Waals surface area contributed by atoms with Crippen LogP contribution in [0, 0.1) is 0 Å². The number of carboxylic acids is 1. The standard InChI is InChI=1S/C16H26N2O8/c1-7-8-25-16(23)18(5)13(10(3)24-6)15(22)26-9(2)12(14(20)21)17-11(4)19/h7,9-10,12-13H,1,8H2,2-6H3,(H,17,19)(H,20,21)/t9-,10-,12+,13+/m1/s1. The van der Waals surface area contributed by atoms with Crippen molar-refractivity contribution in [3.63, 3.8) is 0 Å². The van der Waals surface area contributed by atoms with Crippen molar-refractivity contribution in [3.8, 4) is 0 Å². The average Bonchev–Trinajstić information content (AvgIpc) is 2.56. The van der Waals surface area contributed by atoms with E-state index >= 15 is 0 Å². The molecule has 0 saturated carbocycles. The van der Waals surface area contributed by atoms with Gasteiger partial charge in [0.1, 0.15) is 12.7 Å². The summed E-state index contributed by atoms with van der Waals surface area (Å²) in [5, 5.41) is 11.4. The molecule has 26 heavy (non-hydrogen) atoms. The lowest BCUT2D eigenvalue weighted by Gasteiger charge is -2.31. The Labute approximate surface area is 152 Å². The van der Waals surface area contributed by atoms with Crippen LogP contribution in [-0.4, -0.2) is 79.0 Å². The lowest BCUT2D eigenvalue weighted by Crippen LogP contribution is -2.54. The molecule has 0 rings (SSSR count). The molecular weight excluding hydrogens is 348 g/mol. The third kappa shape index (κ3) is 7.09. The molecule has 148 valence electrons. The smallest absolute Gasteiger partial charge is 0.410 e. The summed E-state index contributed by atoms with van der Waals surface area (Å²) in [6, 6.07) is -2.63. The van der Waals surface area contributed by atoms with Gasteiger partial charge in [0.15, 0.2) is 12.1 Å². The number of hydrogen-bond acceptors (Lipinski definition) is 7. The molecule has 0 aliphatic carbocycles. The van der Waals surface area contributed by atoms with Gasteiger partial charge in [-0.3, -0.25) is 9.69 Å². The van der Waals surface area contributed by atoms with Gasteiger partial charge < -0.3 is 24.6 Å². The van der Waals surface area contributed by atoms with Crippen LogP contribution < -0.4 is 5.32 Å². The van der Waals surface area contributed by atoms with Crippen LogP contribution in [-0.2, 0) is 28.6 Å². The zero-order valence-corrected chi connectivity index (χ0v) is 15.6. The fraction of sp³-hybridized carbons (Fsp3) is 0.625. The van der Waals surface area contributed by atoms with Crippen molar-refractivity contribution < 1.29 is 38.5 Å². The highest BCUT2D eigenvalue weighted by Gasteiger charge is 2.37. The van der Waals surface area contributed by atoms with Gasteiger partial charge >= 0.3 is 18.0 Å². The number of hydrogen-bond donors (Lipinski definition) is 2. The first-order valence-corrected chi connectivity index (χ1v) is 7.80. The number of carbonyl (C=O) groups excluding carboxylic acids is 3. The molecule has 2 amide bonds. The van der Waals surface area contributed by atoms with E-state index < -0.39 is 48.2 Å². The zero-order chi connectivity index (χ0) is 20.4. The second-order valence-corrected chi connectivity index (χ2v) is 5.52. The Balaban J connectivity index is 5.29. The number of carboxylic acid groups (broad SMARTS) is 1. The summed E-state index contributed by atoms with van der Waals surface area (Å²) in [5.41, 5.74) is 0. The monoisotopic (exact) mass is 374 g/mol. The summed E-state index contributed by atoms with van der Waals surface area (Å²) in [6.07, 6.45) is -1.39. The van der Waals surface area contributed by atoms with Crippen LogP contribution in [0.5, 0.6) is 0 Å². The quantitative estimate of drug-likeness (QED) is 0.408. The first-order chi connectivity index (χ1) is 12.1. The molecule has 0 unspecified atom stereocenters. The third-order valence-electron chi connectivity index (χ3n) is 3.48. The molecule has 10 heteroatoms. The molecule has 0 aromatic heterocycles. The number of esters is 1. The molecule has 0 fully saturated rings. The topological polar surface area (TPSA) is 131 Å². The van der Waals surface area contributed by atoms with Crippen molar-refractivity contribution >= 4 is 23.9 Å². The highest BCUT2D eigenvalue weighted by Crippen LogP contribution is 2.12. The average molecular weight is 374 g/mol. The Kier molecular flexibility index (Phi) is 9.97. The maximum Gasteiger partial charge on any atom is 0.410 e. The predicted molar refractivity (Wildman–Crippen MR) is 90.4 cm³/mol. The highest BCUT2D eigenvalue weighted by molar-refractivity contribution is 5.84. The summed E-state index contributed by atoms with van der Waals surface area (Å²) >= 11 is 0. The number of aliphatic carboxylic acids is 1. The minimum Gasteiger partial charge on any atom is -0.480 e. The zero-order valence-electron chi connectivity index (χ0n) is 15.6. The normalized spacial score (nSPS) is 15.0. The molecule has 0 spiro atoms. The Bertz CT molecular complexity index is 536. The number of nitrogens with one attached hydrogen (secondary N) is 1. The van der Waals surface area contributed by atoms with E-state index in [0.29, 0.717) is 0 Å². The van der Waals surface area contributed by atoms with E-state index in [1.807, 2.05) is 0 Å². The second kappa shape index (κ2) is 11.1. The number of methoxy groups -OCH3 is 1. The van der Waals surface area contributed by atoms with Crippen molar-refractivity contribution in [1.29, 1.82) is 0 Å². The molecular formula is C16H26N2O8. The van der Waals surface area contributed by atoms with Crippen molar-refractivity contribution in [2.24, 2.45) is 0 Å². The van der Waals surface area contributed by atoms with Gasteiger partial charge in [0.2, 0.25) is 5.91 Å². The summed E-state index contributed by atoms with van der Waals surface area (Å²) in [7, 11) is 2.66. The number of amides is 2. The van der Waals surface area contributed by atoms with E-state index in [4.69, 9.17) is 19.3 Å². The predicted octanol–water partition coefficient (Wildman–Crippen LogP) is 0.165. The Morgan fingerprint density at radius 3 is 2.23 bits per heavy atom. The van der Waals surface area contributed by atoms with Crippen LogP contribution in [0.2, 0.25) is 0 Å². The highest BCUT2D eigenvalue weighted by atomic mass is 16.6. The Morgan fingerprint density at radius 2 is 1.81 bits per heavy atom. The second-order valence-electron chi connectivity index (χ2n) is 5.52. The number of likely N-dealkylation sites (N-methyl/N-ethyl adjacent to an activating group) is 1. The molecule has 0 aliphatic rings. The SMILES string of the molecule is C=CCOC(=O)N(C)[C@H](C(=O)O[C@H](C)[C@H](NC(C)=O)C(=O)O)[C@@H](C)OC. The van der Waals surface area contributed by atoms with Gasteiger partial charge in [-0.05, 0) is 13.8 Å². The van der Waals surface area contributed by atoms with Gasteiger partial charge in [-0.15, -0.1) is 0 Å². The van der Waals surface area contributed by atoms with Crippen LogP contribution in [0.3, 0.4) is 0 Å². The third-order valence-corrected chi connectivity index (χ3v) is 3.48. The molecule has 0 aliphatic heterocycles. The first kappa shape index (κ1) is 23.4. The van der Waals surface area contributed by atoms with E-state index in [-0.39, 0.29) is 6.61 Å². The van der Waals surface area contributed by atoms with Gasteiger partial charge in [0.05, 0.1) is 6.10 Å².